The molecule has 0 amide bonds. The van der Waals surface area contributed by atoms with Crippen LogP contribution in [0.3, 0.4) is 0 Å². The lowest BCUT2D eigenvalue weighted by molar-refractivity contribution is 0.0602. The van der Waals surface area contributed by atoms with Crippen molar-refractivity contribution in [1.29, 1.82) is 0 Å². The van der Waals surface area contributed by atoms with Crippen molar-refractivity contribution in [2.45, 2.75) is 6.42 Å². The van der Waals surface area contributed by atoms with E-state index in [4.69, 9.17) is 21.7 Å². The molecule has 0 aliphatic carbocycles. The number of thiophene rings is 1. The van der Waals surface area contributed by atoms with Gasteiger partial charge in [0.15, 0.2) is 5.11 Å². The number of nitrogens with one attached hydrogen (secondary N) is 2. The van der Waals surface area contributed by atoms with Crippen LogP contribution in [0.2, 0.25) is 0 Å². The minimum Gasteiger partial charge on any atom is -0.465 e. The van der Waals surface area contributed by atoms with Crippen molar-refractivity contribution >= 4 is 39.6 Å². The average molecular weight is 364 g/mol. The highest BCUT2D eigenvalue weighted by Crippen LogP contribution is 2.30. The Morgan fingerprint density at radius 2 is 2.00 bits per heavy atom. The summed E-state index contributed by atoms with van der Waals surface area (Å²) in [6, 6.07) is 11.9. The van der Waals surface area contributed by atoms with Crippen LogP contribution in [0.4, 0.5) is 5.00 Å². The Kier molecular flexibility index (Phi) is 7.17. The molecule has 0 aliphatic rings. The summed E-state index contributed by atoms with van der Waals surface area (Å²) in [6.45, 7) is 1.15. The van der Waals surface area contributed by atoms with Gasteiger partial charge in [0.05, 0.1) is 19.3 Å². The highest BCUT2D eigenvalue weighted by molar-refractivity contribution is 7.80. The predicted octanol–water partition coefficient (Wildman–Crippen LogP) is 3.06. The van der Waals surface area contributed by atoms with Crippen molar-refractivity contribution < 1.29 is 14.3 Å². The van der Waals surface area contributed by atoms with Crippen LogP contribution in [-0.2, 0) is 15.9 Å². The van der Waals surface area contributed by atoms with Gasteiger partial charge in [-0.1, -0.05) is 30.3 Å². The van der Waals surface area contributed by atoms with Gasteiger partial charge in [-0.05, 0) is 23.8 Å². The van der Waals surface area contributed by atoms with Gasteiger partial charge in [0, 0.05) is 25.0 Å². The van der Waals surface area contributed by atoms with Gasteiger partial charge in [-0.2, -0.15) is 0 Å². The van der Waals surface area contributed by atoms with Crippen LogP contribution in [0.25, 0.3) is 0 Å². The number of hydrogen-bond donors (Lipinski definition) is 2. The first-order chi connectivity index (χ1) is 11.6. The Balaban J connectivity index is 2.13. The molecule has 2 N–H and O–H groups in total. The van der Waals surface area contributed by atoms with E-state index in [2.05, 4.69) is 22.8 Å². The zero-order valence-corrected chi connectivity index (χ0v) is 15.3. The van der Waals surface area contributed by atoms with E-state index in [-0.39, 0.29) is 5.97 Å². The Bertz CT molecular complexity index is 686. The number of carbonyl (C=O) groups is 1. The summed E-state index contributed by atoms with van der Waals surface area (Å²) in [4.78, 5) is 13.1. The molecule has 0 saturated heterocycles. The molecule has 5 nitrogen and oxygen atoms in total. The fraction of sp³-hybridized carbons (Fsp3) is 0.294. The molecule has 7 heteroatoms. The second kappa shape index (κ2) is 9.36. The average Bonchev–Trinajstić information content (AvgIpc) is 2.97. The maximum Gasteiger partial charge on any atom is 0.340 e. The molecule has 128 valence electrons. The number of esters is 1. The molecule has 0 bridgehead atoms. The maximum atomic E-state index is 12.0. The van der Waals surface area contributed by atoms with Gasteiger partial charge in [-0.3, -0.25) is 0 Å². The first-order valence-electron chi connectivity index (χ1n) is 7.42. The summed E-state index contributed by atoms with van der Waals surface area (Å²) in [5.41, 5.74) is 1.67. The van der Waals surface area contributed by atoms with Crippen LogP contribution < -0.4 is 10.6 Å². The lowest BCUT2D eigenvalue weighted by Crippen LogP contribution is -2.31. The molecule has 1 aromatic carbocycles. The number of ether oxygens (including phenoxy) is 2. The molecule has 0 spiro atoms. The van der Waals surface area contributed by atoms with Gasteiger partial charge < -0.3 is 20.1 Å². The molecule has 2 rings (SSSR count). The maximum absolute atomic E-state index is 12.0. The minimum absolute atomic E-state index is 0.382. The SMILES string of the molecule is COCCNC(=S)Nc1sc(Cc2ccccc2)cc1C(=O)OC. The third kappa shape index (κ3) is 5.30. The fourth-order valence-corrected chi connectivity index (χ4v) is 3.45. The van der Waals surface area contributed by atoms with Crippen molar-refractivity contribution in [3.8, 4) is 0 Å². The largest absolute Gasteiger partial charge is 0.465 e. The van der Waals surface area contributed by atoms with E-state index in [1.807, 2.05) is 24.3 Å². The number of rotatable bonds is 7. The summed E-state index contributed by atoms with van der Waals surface area (Å²) in [6.07, 6.45) is 0.751. The summed E-state index contributed by atoms with van der Waals surface area (Å²) < 4.78 is 9.84. The van der Waals surface area contributed by atoms with E-state index < -0.39 is 0 Å². The number of carbonyl (C=O) groups excluding carboxylic acids is 1. The van der Waals surface area contributed by atoms with Crippen LogP contribution in [-0.4, -0.2) is 38.5 Å². The van der Waals surface area contributed by atoms with Gasteiger partial charge in [0.1, 0.15) is 5.00 Å². The molecule has 0 saturated carbocycles. The summed E-state index contributed by atoms with van der Waals surface area (Å²) in [5, 5.41) is 7.23. The summed E-state index contributed by atoms with van der Waals surface area (Å²) in [5.74, 6) is -0.382. The second-order valence-corrected chi connectivity index (χ2v) is 6.53. The van der Waals surface area contributed by atoms with Crippen LogP contribution in [0.15, 0.2) is 36.4 Å². The Labute approximate surface area is 151 Å². The molecule has 1 aromatic heterocycles. The molecule has 0 radical (unpaired) electrons. The van der Waals surface area contributed by atoms with Crippen molar-refractivity contribution in [2.75, 3.05) is 32.7 Å². The number of benzene rings is 1. The van der Waals surface area contributed by atoms with Crippen molar-refractivity contribution in [1.82, 2.24) is 5.32 Å². The molecule has 1 heterocycles. The number of thiocarbonyl (C=S) groups is 1. The first kappa shape index (κ1) is 18.4. The lowest BCUT2D eigenvalue weighted by Gasteiger charge is -2.09. The fourth-order valence-electron chi connectivity index (χ4n) is 2.09. The highest BCUT2D eigenvalue weighted by atomic mass is 32.1. The Morgan fingerprint density at radius 3 is 2.67 bits per heavy atom. The van der Waals surface area contributed by atoms with Gasteiger partial charge in [-0.15, -0.1) is 11.3 Å². The summed E-state index contributed by atoms with van der Waals surface area (Å²) >= 11 is 6.74. The van der Waals surface area contributed by atoms with E-state index in [0.29, 0.717) is 28.8 Å². The molecular weight excluding hydrogens is 344 g/mol. The Hall–Kier alpha value is -1.96. The minimum atomic E-state index is -0.382. The standard InChI is InChI=1S/C17H20N2O3S2/c1-21-9-8-18-17(23)19-15-14(16(20)22-2)11-13(24-15)10-12-6-4-3-5-7-12/h3-7,11H,8-10H2,1-2H3,(H2,18,19,23). The molecule has 0 unspecified atom stereocenters. The van der Waals surface area contributed by atoms with Crippen molar-refractivity contribution in [2.24, 2.45) is 0 Å². The van der Waals surface area contributed by atoms with E-state index in [0.717, 1.165) is 11.3 Å². The van der Waals surface area contributed by atoms with E-state index in [9.17, 15) is 4.79 Å². The quantitative estimate of drug-likeness (QED) is 0.447. The molecule has 24 heavy (non-hydrogen) atoms. The van der Waals surface area contributed by atoms with Gasteiger partial charge >= 0.3 is 5.97 Å². The summed E-state index contributed by atoms with van der Waals surface area (Å²) in [7, 11) is 3.00. The van der Waals surface area contributed by atoms with E-state index in [1.165, 1.54) is 24.0 Å². The lowest BCUT2D eigenvalue weighted by atomic mass is 10.1. The Morgan fingerprint density at radius 1 is 1.25 bits per heavy atom. The highest BCUT2D eigenvalue weighted by Gasteiger charge is 2.17. The normalized spacial score (nSPS) is 10.2. The van der Waals surface area contributed by atoms with Crippen molar-refractivity contribution in [3.05, 3.63) is 52.4 Å². The van der Waals surface area contributed by atoms with Gasteiger partial charge in [0.2, 0.25) is 0 Å². The predicted molar refractivity (Wildman–Crippen MR) is 101 cm³/mol. The molecule has 0 fully saturated rings. The third-order valence-corrected chi connectivity index (χ3v) is 4.53. The van der Waals surface area contributed by atoms with Gasteiger partial charge in [-0.25, -0.2) is 4.79 Å². The molecular formula is C17H20N2O3S2. The van der Waals surface area contributed by atoms with Gasteiger partial charge in [0.25, 0.3) is 0 Å². The first-order valence-corrected chi connectivity index (χ1v) is 8.65. The van der Waals surface area contributed by atoms with Crippen LogP contribution in [0.5, 0.6) is 0 Å². The topological polar surface area (TPSA) is 59.6 Å². The molecule has 0 aliphatic heterocycles. The second-order valence-electron chi connectivity index (χ2n) is 4.98. The molecule has 2 aromatic rings. The van der Waals surface area contributed by atoms with Crippen LogP contribution in [0.1, 0.15) is 20.8 Å². The zero-order chi connectivity index (χ0) is 17.4. The van der Waals surface area contributed by atoms with E-state index in [1.54, 1.807) is 7.11 Å². The number of methoxy groups -OCH3 is 2. The monoisotopic (exact) mass is 364 g/mol. The number of anilines is 1. The van der Waals surface area contributed by atoms with E-state index >= 15 is 0 Å². The number of hydrogen-bond acceptors (Lipinski definition) is 5. The van der Waals surface area contributed by atoms with Crippen molar-refractivity contribution in [3.63, 3.8) is 0 Å². The van der Waals surface area contributed by atoms with Crippen LogP contribution >= 0.6 is 23.6 Å². The molecule has 0 atom stereocenters. The smallest absolute Gasteiger partial charge is 0.340 e. The zero-order valence-electron chi connectivity index (χ0n) is 13.6. The third-order valence-electron chi connectivity index (χ3n) is 3.23. The van der Waals surface area contributed by atoms with Crippen LogP contribution in [0, 0.1) is 0 Å².